The Hall–Kier alpha value is -2.81. The second-order valence-corrected chi connectivity index (χ2v) is 4.87. The van der Waals surface area contributed by atoms with Gasteiger partial charge in [0.25, 0.3) is 0 Å². The van der Waals surface area contributed by atoms with Gasteiger partial charge in [-0.3, -0.25) is 4.79 Å². The number of hydrogen-bond acceptors (Lipinski definition) is 1. The zero-order chi connectivity index (χ0) is 13.5. The number of fused-ring (bicyclic) bond motifs is 2. The molecule has 0 unspecified atom stereocenters. The predicted molar refractivity (Wildman–Crippen MR) is 80.0 cm³/mol. The van der Waals surface area contributed by atoms with Crippen LogP contribution in [-0.2, 0) is 0 Å². The lowest BCUT2D eigenvalue weighted by Crippen LogP contribution is -2.01. The SMILES string of the molecule is O=C(c1cc2ccccc2[nH]1)c1cc2ccccc2[nH]1. The maximum atomic E-state index is 12.5. The third kappa shape index (κ3) is 1.64. The van der Waals surface area contributed by atoms with Crippen molar-refractivity contribution in [3.63, 3.8) is 0 Å². The van der Waals surface area contributed by atoms with Crippen molar-refractivity contribution in [2.75, 3.05) is 0 Å². The lowest BCUT2D eigenvalue weighted by molar-refractivity contribution is 0.103. The zero-order valence-corrected chi connectivity index (χ0v) is 10.7. The molecular formula is C17H12N2O. The van der Waals surface area contributed by atoms with Crippen molar-refractivity contribution >= 4 is 27.6 Å². The molecule has 0 spiro atoms. The van der Waals surface area contributed by atoms with Crippen LogP contribution in [0, 0.1) is 0 Å². The van der Waals surface area contributed by atoms with Crippen LogP contribution in [-0.4, -0.2) is 15.8 Å². The molecule has 0 aliphatic heterocycles. The van der Waals surface area contributed by atoms with Gasteiger partial charge in [-0.15, -0.1) is 0 Å². The van der Waals surface area contributed by atoms with Gasteiger partial charge in [0.2, 0.25) is 5.78 Å². The average molecular weight is 260 g/mol. The highest BCUT2D eigenvalue weighted by atomic mass is 16.1. The molecule has 0 amide bonds. The standard InChI is InChI=1S/C17H12N2O/c20-17(15-9-11-5-1-3-7-13(11)18-15)16-10-12-6-2-4-8-14(12)19-16/h1-10,18-19H. The summed E-state index contributed by atoms with van der Waals surface area (Å²) in [6.07, 6.45) is 0. The number of nitrogens with one attached hydrogen (secondary N) is 2. The molecule has 0 bridgehead atoms. The van der Waals surface area contributed by atoms with E-state index >= 15 is 0 Å². The van der Waals surface area contributed by atoms with Crippen molar-refractivity contribution in [2.45, 2.75) is 0 Å². The first-order chi connectivity index (χ1) is 9.81. The molecule has 0 aliphatic rings. The number of para-hydroxylation sites is 2. The maximum absolute atomic E-state index is 12.5. The summed E-state index contributed by atoms with van der Waals surface area (Å²) < 4.78 is 0. The van der Waals surface area contributed by atoms with E-state index in [1.165, 1.54) is 0 Å². The molecule has 3 heteroatoms. The highest BCUT2D eigenvalue weighted by Gasteiger charge is 2.14. The van der Waals surface area contributed by atoms with Crippen molar-refractivity contribution in [1.82, 2.24) is 9.97 Å². The number of carbonyl (C=O) groups excluding carboxylic acids is 1. The molecule has 4 aromatic rings. The number of hydrogen-bond donors (Lipinski definition) is 2. The number of benzene rings is 2. The molecule has 0 radical (unpaired) electrons. The molecule has 96 valence electrons. The highest BCUT2D eigenvalue weighted by molar-refractivity contribution is 6.11. The number of H-pyrrole nitrogens is 2. The number of rotatable bonds is 2. The lowest BCUT2D eigenvalue weighted by Gasteiger charge is -1.93. The van der Waals surface area contributed by atoms with Gasteiger partial charge in [-0.2, -0.15) is 0 Å². The second-order valence-electron chi connectivity index (χ2n) is 4.87. The number of aromatic amines is 2. The van der Waals surface area contributed by atoms with E-state index in [1.54, 1.807) is 0 Å². The van der Waals surface area contributed by atoms with E-state index in [-0.39, 0.29) is 5.78 Å². The van der Waals surface area contributed by atoms with Crippen molar-refractivity contribution in [1.29, 1.82) is 0 Å². The van der Waals surface area contributed by atoms with E-state index in [2.05, 4.69) is 9.97 Å². The first kappa shape index (κ1) is 11.1. The van der Waals surface area contributed by atoms with Crippen LogP contribution in [0.5, 0.6) is 0 Å². The Bertz CT molecular complexity index is 788. The summed E-state index contributed by atoms with van der Waals surface area (Å²) in [7, 11) is 0. The Morgan fingerprint density at radius 1 is 0.700 bits per heavy atom. The van der Waals surface area contributed by atoms with Crippen LogP contribution >= 0.6 is 0 Å². The maximum Gasteiger partial charge on any atom is 0.225 e. The number of carbonyl (C=O) groups is 1. The van der Waals surface area contributed by atoms with Crippen LogP contribution in [0.1, 0.15) is 16.2 Å². The van der Waals surface area contributed by atoms with Crippen molar-refractivity contribution < 1.29 is 4.79 Å². The predicted octanol–water partition coefficient (Wildman–Crippen LogP) is 3.88. The van der Waals surface area contributed by atoms with Crippen LogP contribution in [0.3, 0.4) is 0 Å². The summed E-state index contributed by atoms with van der Waals surface area (Å²) in [6, 6.07) is 19.6. The molecule has 0 aliphatic carbocycles. The molecule has 2 N–H and O–H groups in total. The fourth-order valence-electron chi connectivity index (χ4n) is 2.54. The van der Waals surface area contributed by atoms with E-state index in [9.17, 15) is 4.79 Å². The molecule has 4 rings (SSSR count). The minimum atomic E-state index is -0.0163. The molecule has 0 saturated heterocycles. The minimum absolute atomic E-state index is 0.0163. The van der Waals surface area contributed by atoms with Crippen molar-refractivity contribution in [3.8, 4) is 0 Å². The monoisotopic (exact) mass is 260 g/mol. The Kier molecular flexibility index (Phi) is 2.27. The summed E-state index contributed by atoms with van der Waals surface area (Å²) >= 11 is 0. The topological polar surface area (TPSA) is 48.6 Å². The van der Waals surface area contributed by atoms with Crippen LogP contribution in [0.4, 0.5) is 0 Å². The van der Waals surface area contributed by atoms with Gasteiger partial charge in [0.1, 0.15) is 0 Å². The smallest absolute Gasteiger partial charge is 0.225 e. The third-order valence-corrected chi connectivity index (χ3v) is 3.55. The van der Waals surface area contributed by atoms with Gasteiger partial charge in [0.15, 0.2) is 0 Å². The Morgan fingerprint density at radius 3 is 1.60 bits per heavy atom. The molecule has 0 atom stereocenters. The summed E-state index contributed by atoms with van der Waals surface area (Å²) in [5, 5.41) is 2.10. The Morgan fingerprint density at radius 2 is 1.15 bits per heavy atom. The largest absolute Gasteiger partial charge is 0.352 e. The van der Waals surface area contributed by atoms with Crippen LogP contribution < -0.4 is 0 Å². The Labute approximate surface area is 115 Å². The minimum Gasteiger partial charge on any atom is -0.352 e. The van der Waals surface area contributed by atoms with Gasteiger partial charge < -0.3 is 9.97 Å². The number of aromatic nitrogens is 2. The average Bonchev–Trinajstić information content (AvgIpc) is 3.10. The summed E-state index contributed by atoms with van der Waals surface area (Å²) in [5.74, 6) is -0.0163. The second kappa shape index (κ2) is 4.10. The van der Waals surface area contributed by atoms with Crippen LogP contribution in [0.2, 0.25) is 0 Å². The number of ketones is 1. The Balaban J connectivity index is 1.82. The lowest BCUT2D eigenvalue weighted by atomic mass is 10.2. The van der Waals surface area contributed by atoms with Gasteiger partial charge in [-0.1, -0.05) is 36.4 Å². The van der Waals surface area contributed by atoms with Gasteiger partial charge in [-0.05, 0) is 24.3 Å². The highest BCUT2D eigenvalue weighted by Crippen LogP contribution is 2.20. The summed E-state index contributed by atoms with van der Waals surface area (Å²) in [4.78, 5) is 18.9. The molecule has 2 aromatic carbocycles. The normalized spacial score (nSPS) is 11.2. The third-order valence-electron chi connectivity index (χ3n) is 3.55. The molecule has 0 saturated carbocycles. The van der Waals surface area contributed by atoms with E-state index in [1.807, 2.05) is 60.7 Å². The summed E-state index contributed by atoms with van der Waals surface area (Å²) in [6.45, 7) is 0. The van der Waals surface area contributed by atoms with Gasteiger partial charge in [0, 0.05) is 21.8 Å². The van der Waals surface area contributed by atoms with Gasteiger partial charge in [0.05, 0.1) is 11.4 Å². The van der Waals surface area contributed by atoms with Crippen LogP contribution in [0.15, 0.2) is 60.7 Å². The molecule has 20 heavy (non-hydrogen) atoms. The zero-order valence-electron chi connectivity index (χ0n) is 10.7. The van der Waals surface area contributed by atoms with E-state index in [4.69, 9.17) is 0 Å². The van der Waals surface area contributed by atoms with Gasteiger partial charge in [-0.25, -0.2) is 0 Å². The molecule has 0 fully saturated rings. The van der Waals surface area contributed by atoms with Gasteiger partial charge >= 0.3 is 0 Å². The first-order valence-corrected chi connectivity index (χ1v) is 6.51. The van der Waals surface area contributed by atoms with E-state index in [0.29, 0.717) is 11.4 Å². The quantitative estimate of drug-likeness (QED) is 0.528. The van der Waals surface area contributed by atoms with Crippen molar-refractivity contribution in [2.24, 2.45) is 0 Å². The van der Waals surface area contributed by atoms with Crippen LogP contribution in [0.25, 0.3) is 21.8 Å². The summed E-state index contributed by atoms with van der Waals surface area (Å²) in [5.41, 5.74) is 3.18. The van der Waals surface area contributed by atoms with Crippen molar-refractivity contribution in [3.05, 3.63) is 72.1 Å². The molecular weight excluding hydrogens is 248 g/mol. The van der Waals surface area contributed by atoms with E-state index in [0.717, 1.165) is 21.8 Å². The first-order valence-electron chi connectivity index (χ1n) is 6.51. The molecule has 2 aromatic heterocycles. The molecule has 3 nitrogen and oxygen atoms in total. The van der Waals surface area contributed by atoms with E-state index < -0.39 is 0 Å². The molecule has 2 heterocycles. The fourth-order valence-corrected chi connectivity index (χ4v) is 2.54. The fraction of sp³-hybridized carbons (Fsp3) is 0.